The van der Waals surface area contributed by atoms with Crippen molar-refractivity contribution in [3.05, 3.63) is 35.4 Å². The van der Waals surface area contributed by atoms with Gasteiger partial charge in [0.15, 0.2) is 0 Å². The number of ether oxygens (including phenoxy) is 1. The molecular formula is C20H31NO3S. The van der Waals surface area contributed by atoms with Gasteiger partial charge < -0.3 is 4.74 Å². The van der Waals surface area contributed by atoms with Crippen LogP contribution in [0.25, 0.3) is 0 Å². The number of piperidine rings is 1. The number of hydrogen-bond donors (Lipinski definition) is 0. The van der Waals surface area contributed by atoms with Gasteiger partial charge in [0.1, 0.15) is 0 Å². The van der Waals surface area contributed by atoms with Crippen molar-refractivity contribution in [3.8, 4) is 0 Å². The average Bonchev–Trinajstić information content (AvgIpc) is 2.56. The summed E-state index contributed by atoms with van der Waals surface area (Å²) in [6.45, 7) is 10.8. The molecule has 4 nitrogen and oxygen atoms in total. The lowest BCUT2D eigenvalue weighted by Crippen LogP contribution is -2.51. The van der Waals surface area contributed by atoms with E-state index in [4.69, 9.17) is 4.74 Å². The van der Waals surface area contributed by atoms with Crippen molar-refractivity contribution < 1.29 is 13.7 Å². The lowest BCUT2D eigenvalue weighted by atomic mass is 9.91. The van der Waals surface area contributed by atoms with Crippen LogP contribution in [0.5, 0.6) is 0 Å². The predicted octanol–water partition coefficient (Wildman–Crippen LogP) is 3.64. The molecule has 0 N–H and O–H groups in total. The highest BCUT2D eigenvalue weighted by Gasteiger charge is 2.39. The van der Waals surface area contributed by atoms with E-state index in [-0.39, 0.29) is 22.7 Å². The number of nitrogens with zero attached hydrogens (tertiary/aromatic N) is 1. The molecule has 1 heterocycles. The van der Waals surface area contributed by atoms with Crippen molar-refractivity contribution in [1.82, 2.24) is 4.31 Å². The van der Waals surface area contributed by atoms with E-state index in [1.54, 1.807) is 0 Å². The molecule has 140 valence electrons. The maximum Gasteiger partial charge on any atom is 0.310 e. The fourth-order valence-electron chi connectivity index (χ4n) is 3.20. The number of carbonyl (C=O) groups excluding carboxylic acids is 1. The van der Waals surface area contributed by atoms with Gasteiger partial charge in [0.05, 0.1) is 28.3 Å². The van der Waals surface area contributed by atoms with Gasteiger partial charge in [-0.25, -0.2) is 8.51 Å². The van der Waals surface area contributed by atoms with Crippen LogP contribution in [-0.4, -0.2) is 38.4 Å². The van der Waals surface area contributed by atoms with Gasteiger partial charge in [-0.3, -0.25) is 4.79 Å². The second-order valence-electron chi connectivity index (χ2n) is 7.83. The molecule has 3 atom stereocenters. The minimum atomic E-state index is -1.15. The molecule has 1 fully saturated rings. The molecule has 1 aromatic rings. The monoisotopic (exact) mass is 365 g/mol. The Morgan fingerprint density at radius 3 is 2.44 bits per heavy atom. The molecule has 1 aliphatic heterocycles. The number of benzene rings is 1. The summed E-state index contributed by atoms with van der Waals surface area (Å²) in [7, 11) is -1.15. The lowest BCUT2D eigenvalue weighted by molar-refractivity contribution is -0.149. The van der Waals surface area contributed by atoms with Gasteiger partial charge in [-0.2, -0.15) is 0 Å². The number of esters is 1. The number of rotatable bonds is 5. The third kappa shape index (κ3) is 5.38. The first-order valence-corrected chi connectivity index (χ1v) is 10.2. The maximum atomic E-state index is 13.1. The molecule has 5 heteroatoms. The van der Waals surface area contributed by atoms with Crippen LogP contribution in [0.4, 0.5) is 0 Å². The van der Waals surface area contributed by atoms with Gasteiger partial charge in [-0.05, 0) is 59.4 Å². The largest absolute Gasteiger partial charge is 0.466 e. The van der Waals surface area contributed by atoms with Crippen LogP contribution in [0.15, 0.2) is 24.3 Å². The molecule has 0 spiro atoms. The van der Waals surface area contributed by atoms with E-state index in [0.717, 1.165) is 19.3 Å². The second kappa shape index (κ2) is 8.45. The van der Waals surface area contributed by atoms with Crippen LogP contribution in [0.2, 0.25) is 0 Å². The van der Waals surface area contributed by atoms with E-state index in [2.05, 4.69) is 31.2 Å². The molecule has 0 aliphatic carbocycles. The fraction of sp³-hybridized carbons (Fsp3) is 0.650. The Bertz CT molecular complexity index is 606. The molecule has 25 heavy (non-hydrogen) atoms. The molecule has 2 rings (SSSR count). The topological polar surface area (TPSA) is 46.6 Å². The Morgan fingerprint density at radius 1 is 1.24 bits per heavy atom. The summed E-state index contributed by atoms with van der Waals surface area (Å²) >= 11 is 0. The van der Waals surface area contributed by atoms with E-state index in [1.807, 2.05) is 32.0 Å². The second-order valence-corrected chi connectivity index (χ2v) is 10.0. The Hall–Kier alpha value is -1.20. The molecule has 3 unspecified atom stereocenters. The van der Waals surface area contributed by atoms with Crippen molar-refractivity contribution >= 4 is 17.0 Å². The van der Waals surface area contributed by atoms with Crippen LogP contribution in [0.3, 0.4) is 0 Å². The molecule has 0 amide bonds. The summed E-state index contributed by atoms with van der Waals surface area (Å²) in [5.41, 5.74) is 2.49. The molecule has 0 radical (unpaired) electrons. The average molecular weight is 366 g/mol. The van der Waals surface area contributed by atoms with Crippen molar-refractivity contribution in [1.29, 1.82) is 0 Å². The zero-order valence-electron chi connectivity index (χ0n) is 16.1. The van der Waals surface area contributed by atoms with Crippen molar-refractivity contribution in [2.75, 3.05) is 13.2 Å². The van der Waals surface area contributed by atoms with Crippen LogP contribution < -0.4 is 0 Å². The van der Waals surface area contributed by atoms with Crippen LogP contribution in [-0.2, 0) is 26.9 Å². The van der Waals surface area contributed by atoms with E-state index in [0.29, 0.717) is 13.2 Å². The summed E-state index contributed by atoms with van der Waals surface area (Å²) in [5, 5.41) is 0. The molecule has 1 aromatic carbocycles. The molecule has 0 aromatic heterocycles. The van der Waals surface area contributed by atoms with Gasteiger partial charge in [-0.1, -0.05) is 29.8 Å². The molecule has 1 aliphatic rings. The number of carbonyl (C=O) groups is 1. The number of hydrogen-bond acceptors (Lipinski definition) is 3. The Kier molecular flexibility index (Phi) is 6.80. The Balaban J connectivity index is 2.17. The summed E-state index contributed by atoms with van der Waals surface area (Å²) in [6.07, 6.45) is 2.52. The minimum Gasteiger partial charge on any atom is -0.466 e. The van der Waals surface area contributed by atoms with Crippen molar-refractivity contribution in [2.45, 2.75) is 64.7 Å². The first-order chi connectivity index (χ1) is 11.7. The van der Waals surface area contributed by atoms with Gasteiger partial charge in [0, 0.05) is 12.6 Å². The Morgan fingerprint density at radius 2 is 1.88 bits per heavy atom. The van der Waals surface area contributed by atoms with Gasteiger partial charge in [-0.15, -0.1) is 0 Å². The first-order valence-electron chi connectivity index (χ1n) is 9.13. The summed E-state index contributed by atoms with van der Waals surface area (Å²) in [4.78, 5) is 12.2. The predicted molar refractivity (Wildman–Crippen MR) is 103 cm³/mol. The van der Waals surface area contributed by atoms with Gasteiger partial charge in [0.2, 0.25) is 0 Å². The van der Waals surface area contributed by atoms with Crippen molar-refractivity contribution in [2.24, 2.45) is 5.92 Å². The minimum absolute atomic E-state index is 0.160. The fourth-order valence-corrected chi connectivity index (χ4v) is 4.67. The number of aryl methyl sites for hydroxylation is 1. The molecule has 1 saturated heterocycles. The standard InChI is InChI=1S/C20H31NO3S/c1-6-24-19(22)17-11-12-18(13-16-9-7-15(2)8-10-16)21(14-17)25(23)20(3,4)5/h7-10,17-18H,6,11-14H2,1-5H3. The zero-order valence-corrected chi connectivity index (χ0v) is 16.9. The third-order valence-electron chi connectivity index (χ3n) is 4.60. The van der Waals surface area contributed by atoms with Crippen LogP contribution >= 0.6 is 0 Å². The Labute approximate surface area is 154 Å². The maximum absolute atomic E-state index is 13.1. The molecule has 0 bridgehead atoms. The van der Waals surface area contributed by atoms with Gasteiger partial charge >= 0.3 is 5.97 Å². The quantitative estimate of drug-likeness (QED) is 0.749. The summed E-state index contributed by atoms with van der Waals surface area (Å²) in [5.74, 6) is -0.340. The first kappa shape index (κ1) is 20.1. The highest BCUT2D eigenvalue weighted by Crippen LogP contribution is 2.30. The molecular weight excluding hydrogens is 334 g/mol. The van der Waals surface area contributed by atoms with E-state index < -0.39 is 11.0 Å². The van der Waals surface area contributed by atoms with Gasteiger partial charge in [0.25, 0.3) is 0 Å². The smallest absolute Gasteiger partial charge is 0.310 e. The highest BCUT2D eigenvalue weighted by atomic mass is 32.2. The lowest BCUT2D eigenvalue weighted by Gasteiger charge is -2.40. The van der Waals surface area contributed by atoms with E-state index >= 15 is 0 Å². The third-order valence-corrected chi connectivity index (χ3v) is 6.53. The molecule has 0 saturated carbocycles. The van der Waals surface area contributed by atoms with E-state index in [9.17, 15) is 9.00 Å². The van der Waals surface area contributed by atoms with Crippen LogP contribution in [0, 0.1) is 12.8 Å². The van der Waals surface area contributed by atoms with Crippen molar-refractivity contribution in [3.63, 3.8) is 0 Å². The highest BCUT2D eigenvalue weighted by molar-refractivity contribution is 7.84. The summed E-state index contributed by atoms with van der Waals surface area (Å²) < 4.78 is 20.0. The summed E-state index contributed by atoms with van der Waals surface area (Å²) in [6, 6.07) is 8.71. The van der Waals surface area contributed by atoms with E-state index in [1.165, 1.54) is 11.1 Å². The van der Waals surface area contributed by atoms with Crippen LogP contribution in [0.1, 0.15) is 51.7 Å². The normalized spacial score (nSPS) is 23.2. The SMILES string of the molecule is CCOC(=O)C1CCC(Cc2ccc(C)cc2)N(S(=O)C(C)(C)C)C1. The zero-order chi connectivity index (χ0) is 18.6.